The number of rotatable bonds is 5. The van der Waals surface area contributed by atoms with Crippen LogP contribution in [0.25, 0.3) is 0 Å². The summed E-state index contributed by atoms with van der Waals surface area (Å²) in [6.07, 6.45) is 0. The summed E-state index contributed by atoms with van der Waals surface area (Å²) >= 11 is 3.11. The summed E-state index contributed by atoms with van der Waals surface area (Å²) in [5, 5.41) is 17.9. The van der Waals surface area contributed by atoms with Crippen molar-refractivity contribution in [3.8, 4) is 6.07 Å². The Bertz CT molecular complexity index is 665. The fourth-order valence-corrected chi connectivity index (χ4v) is 3.54. The van der Waals surface area contributed by atoms with E-state index in [0.717, 1.165) is 0 Å². The van der Waals surface area contributed by atoms with E-state index in [2.05, 4.69) is 20.7 Å². The van der Waals surface area contributed by atoms with Gasteiger partial charge in [-0.2, -0.15) is 9.98 Å². The van der Waals surface area contributed by atoms with E-state index >= 15 is 0 Å². The van der Waals surface area contributed by atoms with E-state index in [-0.39, 0.29) is 10.5 Å². The molecule has 0 heterocycles. The third-order valence-electron chi connectivity index (χ3n) is 2.53. The molecule has 0 aromatic heterocycles. The van der Waals surface area contributed by atoms with Gasteiger partial charge in [0.1, 0.15) is 6.04 Å². The number of hydrogen-bond donors (Lipinski definition) is 2. The maximum absolute atomic E-state index is 12.2. The average Bonchev–Trinajstić information content (AvgIpc) is 2.34. The molecule has 0 bridgehead atoms. The van der Waals surface area contributed by atoms with Gasteiger partial charge in [-0.15, -0.1) is 0 Å². The predicted molar refractivity (Wildman–Crippen MR) is 75.4 cm³/mol. The Morgan fingerprint density at radius 3 is 2.45 bits per heavy atom. The lowest BCUT2D eigenvalue weighted by atomic mass is 10.1. The number of sulfonamides is 1. The summed E-state index contributed by atoms with van der Waals surface area (Å²) in [5.41, 5.74) is 0.163. The molecule has 1 aromatic carbocycles. The molecule has 0 aliphatic rings. The Kier molecular flexibility index (Phi) is 5.28. The molecule has 0 fully saturated rings. The van der Waals surface area contributed by atoms with Crippen molar-refractivity contribution >= 4 is 31.9 Å². The molecule has 1 atom stereocenters. The summed E-state index contributed by atoms with van der Waals surface area (Å²) in [5.74, 6) is -1.66. The number of nitriles is 1. The molecule has 2 N–H and O–H groups in total. The van der Waals surface area contributed by atoms with Crippen LogP contribution in [0.5, 0.6) is 0 Å². The van der Waals surface area contributed by atoms with E-state index in [0.29, 0.717) is 4.47 Å². The lowest BCUT2D eigenvalue weighted by molar-refractivity contribution is -0.140. The van der Waals surface area contributed by atoms with Crippen LogP contribution in [0.1, 0.15) is 19.4 Å². The molecule has 0 saturated carbocycles. The van der Waals surface area contributed by atoms with Crippen LogP contribution >= 0.6 is 15.9 Å². The number of nitrogens with zero attached hydrogens (tertiary/aromatic N) is 1. The van der Waals surface area contributed by atoms with E-state index < -0.39 is 28.0 Å². The Morgan fingerprint density at radius 2 is 2.00 bits per heavy atom. The number of benzene rings is 1. The first-order valence-corrected chi connectivity index (χ1v) is 7.91. The average molecular weight is 361 g/mol. The first-order chi connectivity index (χ1) is 9.17. The highest BCUT2D eigenvalue weighted by atomic mass is 79.9. The van der Waals surface area contributed by atoms with Crippen molar-refractivity contribution < 1.29 is 18.3 Å². The van der Waals surface area contributed by atoms with E-state index in [9.17, 15) is 13.2 Å². The second-order valence-corrected chi connectivity index (χ2v) is 7.10. The van der Waals surface area contributed by atoms with Gasteiger partial charge < -0.3 is 5.11 Å². The maximum Gasteiger partial charge on any atom is 0.322 e. The van der Waals surface area contributed by atoms with Crippen LogP contribution in [0.15, 0.2) is 27.6 Å². The first kappa shape index (κ1) is 16.6. The van der Waals surface area contributed by atoms with Gasteiger partial charge in [-0.05, 0) is 24.1 Å². The van der Waals surface area contributed by atoms with Gasteiger partial charge in [-0.1, -0.05) is 29.8 Å². The summed E-state index contributed by atoms with van der Waals surface area (Å²) in [7, 11) is -4.02. The van der Waals surface area contributed by atoms with Crippen molar-refractivity contribution in [3.63, 3.8) is 0 Å². The summed E-state index contributed by atoms with van der Waals surface area (Å²) in [6, 6.07) is 4.57. The van der Waals surface area contributed by atoms with E-state index in [1.807, 2.05) is 6.07 Å². The quantitative estimate of drug-likeness (QED) is 0.830. The highest BCUT2D eigenvalue weighted by Gasteiger charge is 2.28. The molecule has 20 heavy (non-hydrogen) atoms. The number of carbonyl (C=O) groups is 1. The van der Waals surface area contributed by atoms with Gasteiger partial charge in [0, 0.05) is 4.47 Å². The van der Waals surface area contributed by atoms with Crippen molar-refractivity contribution in [2.24, 2.45) is 5.92 Å². The largest absolute Gasteiger partial charge is 0.480 e. The minimum absolute atomic E-state index is 0.157. The SMILES string of the molecule is CC(C)[C@H](NS(=O)(=O)c1cc(Br)cc(C#N)c1)C(=O)O. The molecule has 0 saturated heterocycles. The van der Waals surface area contributed by atoms with Crippen molar-refractivity contribution in [3.05, 3.63) is 28.2 Å². The topological polar surface area (TPSA) is 107 Å². The molecule has 0 unspecified atom stereocenters. The summed E-state index contributed by atoms with van der Waals surface area (Å²) in [6.45, 7) is 3.20. The summed E-state index contributed by atoms with van der Waals surface area (Å²) in [4.78, 5) is 10.9. The second-order valence-electron chi connectivity index (χ2n) is 4.47. The molecular formula is C12H13BrN2O4S. The van der Waals surface area contributed by atoms with Crippen molar-refractivity contribution in [2.45, 2.75) is 24.8 Å². The second kappa shape index (κ2) is 6.35. The highest BCUT2D eigenvalue weighted by molar-refractivity contribution is 9.10. The fraction of sp³-hybridized carbons (Fsp3) is 0.333. The van der Waals surface area contributed by atoms with Crippen LogP contribution in [0, 0.1) is 17.2 Å². The fourth-order valence-electron chi connectivity index (χ4n) is 1.49. The zero-order valence-electron chi connectivity index (χ0n) is 10.8. The van der Waals surface area contributed by atoms with Gasteiger partial charge in [0.2, 0.25) is 10.0 Å². The molecule has 1 aromatic rings. The number of nitrogens with one attached hydrogen (secondary N) is 1. The zero-order chi connectivity index (χ0) is 15.5. The van der Waals surface area contributed by atoms with E-state index in [1.54, 1.807) is 13.8 Å². The van der Waals surface area contributed by atoms with Gasteiger partial charge in [-0.25, -0.2) is 8.42 Å². The van der Waals surface area contributed by atoms with Gasteiger partial charge in [0.15, 0.2) is 0 Å². The van der Waals surface area contributed by atoms with Crippen molar-refractivity contribution in [1.82, 2.24) is 4.72 Å². The predicted octanol–water partition coefficient (Wildman–Crippen LogP) is 1.71. The summed E-state index contributed by atoms with van der Waals surface area (Å²) < 4.78 is 26.9. The third-order valence-corrected chi connectivity index (χ3v) is 4.40. The molecule has 1 rings (SSSR count). The maximum atomic E-state index is 12.2. The number of carboxylic acid groups (broad SMARTS) is 1. The highest BCUT2D eigenvalue weighted by Crippen LogP contribution is 2.20. The Balaban J connectivity index is 3.21. The van der Waals surface area contributed by atoms with Crippen LogP contribution < -0.4 is 4.72 Å². The zero-order valence-corrected chi connectivity index (χ0v) is 13.2. The van der Waals surface area contributed by atoms with Crippen molar-refractivity contribution in [2.75, 3.05) is 0 Å². The van der Waals surface area contributed by atoms with Gasteiger partial charge in [0.25, 0.3) is 0 Å². The standard InChI is InChI=1S/C12H13BrN2O4S/c1-7(2)11(12(16)17)15-20(18,19)10-4-8(6-14)3-9(13)5-10/h3-5,7,11,15H,1-2H3,(H,16,17)/t11-/m0/s1. The third kappa shape index (κ3) is 4.03. The number of aliphatic carboxylic acids is 1. The lowest BCUT2D eigenvalue weighted by Gasteiger charge is -2.18. The Morgan fingerprint density at radius 1 is 1.40 bits per heavy atom. The van der Waals surface area contributed by atoms with E-state index in [4.69, 9.17) is 10.4 Å². The van der Waals surface area contributed by atoms with Gasteiger partial charge in [-0.3, -0.25) is 4.79 Å². The van der Waals surface area contributed by atoms with Crippen LogP contribution in [0.3, 0.4) is 0 Å². The van der Waals surface area contributed by atoms with Crippen LogP contribution in [0.4, 0.5) is 0 Å². The van der Waals surface area contributed by atoms with Crippen molar-refractivity contribution in [1.29, 1.82) is 5.26 Å². The Hall–Kier alpha value is -1.43. The molecule has 6 nitrogen and oxygen atoms in total. The molecule has 0 radical (unpaired) electrons. The van der Waals surface area contributed by atoms with Crippen LogP contribution in [-0.4, -0.2) is 25.5 Å². The van der Waals surface area contributed by atoms with E-state index in [1.165, 1.54) is 18.2 Å². The number of halogens is 1. The molecular weight excluding hydrogens is 348 g/mol. The lowest BCUT2D eigenvalue weighted by Crippen LogP contribution is -2.44. The molecule has 108 valence electrons. The van der Waals surface area contributed by atoms with Crippen LogP contribution in [-0.2, 0) is 14.8 Å². The molecule has 0 amide bonds. The molecule has 0 aliphatic heterocycles. The first-order valence-electron chi connectivity index (χ1n) is 5.63. The molecule has 8 heteroatoms. The Labute approximate surface area is 125 Å². The van der Waals surface area contributed by atoms with Gasteiger partial charge in [0.05, 0.1) is 16.5 Å². The van der Waals surface area contributed by atoms with Gasteiger partial charge >= 0.3 is 5.97 Å². The minimum atomic E-state index is -4.02. The molecule has 0 aliphatic carbocycles. The number of carboxylic acids is 1. The van der Waals surface area contributed by atoms with Crippen LogP contribution in [0.2, 0.25) is 0 Å². The monoisotopic (exact) mass is 360 g/mol. The normalized spacial score (nSPS) is 12.9. The minimum Gasteiger partial charge on any atom is -0.480 e. The number of hydrogen-bond acceptors (Lipinski definition) is 4. The smallest absolute Gasteiger partial charge is 0.322 e. The molecule has 0 spiro atoms.